The molecular weight excluding hydrogens is 329 g/mol. The Bertz CT molecular complexity index is 835. The lowest BCUT2D eigenvalue weighted by Crippen LogP contribution is -2.53. The molecule has 132 valence electrons. The lowest BCUT2D eigenvalue weighted by Gasteiger charge is -2.35. The monoisotopic (exact) mass is 347 g/mol. The number of nitrogens with one attached hydrogen (secondary N) is 1. The van der Waals surface area contributed by atoms with E-state index in [0.29, 0.717) is 11.6 Å². The molecule has 2 amide bonds. The first-order valence-corrected chi connectivity index (χ1v) is 7.71. The number of likely N-dealkylation sites (N-methyl/N-ethyl adjacent to an activating group) is 1. The van der Waals surface area contributed by atoms with Crippen molar-refractivity contribution in [3.05, 3.63) is 41.2 Å². The molecule has 0 spiro atoms. The highest BCUT2D eigenvalue weighted by atomic mass is 19.1. The number of benzene rings is 1. The van der Waals surface area contributed by atoms with E-state index < -0.39 is 17.8 Å². The van der Waals surface area contributed by atoms with Gasteiger partial charge >= 0.3 is 0 Å². The molecule has 1 unspecified atom stereocenters. The standard InChI is InChI=1S/C16H18FN5O3/c1-9-19-20-14-8-22(12(7-21(9)14)15(23)18-2)16(24)11-6-10(17)4-5-13(11)25-3/h4-6,12H,7-8H2,1-3H3,(H,18,23). The molecule has 1 aliphatic rings. The fraction of sp³-hybridized carbons (Fsp3) is 0.375. The largest absolute Gasteiger partial charge is 0.496 e. The minimum atomic E-state index is -0.757. The first-order valence-electron chi connectivity index (χ1n) is 7.71. The van der Waals surface area contributed by atoms with E-state index >= 15 is 0 Å². The summed E-state index contributed by atoms with van der Waals surface area (Å²) in [6.45, 7) is 2.11. The summed E-state index contributed by atoms with van der Waals surface area (Å²) in [7, 11) is 2.90. The van der Waals surface area contributed by atoms with Crippen molar-refractivity contribution in [1.29, 1.82) is 0 Å². The van der Waals surface area contributed by atoms with Gasteiger partial charge in [0.2, 0.25) is 5.91 Å². The van der Waals surface area contributed by atoms with Gasteiger partial charge in [-0.15, -0.1) is 10.2 Å². The van der Waals surface area contributed by atoms with Gasteiger partial charge in [0.05, 0.1) is 25.8 Å². The Morgan fingerprint density at radius 3 is 2.80 bits per heavy atom. The Morgan fingerprint density at radius 2 is 2.12 bits per heavy atom. The van der Waals surface area contributed by atoms with E-state index in [1.165, 1.54) is 31.2 Å². The summed E-state index contributed by atoms with van der Waals surface area (Å²) >= 11 is 0. The average molecular weight is 347 g/mol. The van der Waals surface area contributed by atoms with Crippen LogP contribution in [0, 0.1) is 12.7 Å². The number of ether oxygens (including phenoxy) is 1. The number of carbonyl (C=O) groups excluding carboxylic acids is 2. The first-order chi connectivity index (χ1) is 12.0. The van der Waals surface area contributed by atoms with Crippen molar-refractivity contribution >= 4 is 11.8 Å². The number of hydrogen-bond donors (Lipinski definition) is 1. The minimum absolute atomic E-state index is 0.0566. The molecule has 0 fully saturated rings. The predicted octanol–water partition coefficient (Wildman–Crippen LogP) is 0.505. The molecule has 1 aromatic carbocycles. The summed E-state index contributed by atoms with van der Waals surface area (Å²) in [4.78, 5) is 26.7. The molecule has 0 bridgehead atoms. The van der Waals surface area contributed by atoms with Gasteiger partial charge in [0.25, 0.3) is 5.91 Å². The van der Waals surface area contributed by atoms with Crippen LogP contribution in [0.25, 0.3) is 0 Å². The zero-order valence-electron chi connectivity index (χ0n) is 14.1. The third-order valence-corrected chi connectivity index (χ3v) is 4.26. The summed E-state index contributed by atoms with van der Waals surface area (Å²) < 4.78 is 20.6. The van der Waals surface area contributed by atoms with Crippen molar-refractivity contribution in [2.45, 2.75) is 26.1 Å². The molecule has 2 heterocycles. The number of aryl methyl sites for hydroxylation is 1. The Hall–Kier alpha value is -2.97. The summed E-state index contributed by atoms with van der Waals surface area (Å²) in [5, 5.41) is 10.6. The molecule has 1 atom stereocenters. The van der Waals surface area contributed by atoms with Crippen LogP contribution in [0.1, 0.15) is 22.0 Å². The quantitative estimate of drug-likeness (QED) is 0.874. The van der Waals surface area contributed by atoms with Gasteiger partial charge < -0.3 is 19.5 Å². The van der Waals surface area contributed by atoms with Gasteiger partial charge in [-0.25, -0.2) is 4.39 Å². The highest BCUT2D eigenvalue weighted by molar-refractivity contribution is 5.99. The molecular formula is C16H18FN5O3. The van der Waals surface area contributed by atoms with Crippen LogP contribution in [0.5, 0.6) is 5.75 Å². The molecule has 9 heteroatoms. The van der Waals surface area contributed by atoms with Crippen LogP contribution >= 0.6 is 0 Å². The summed E-state index contributed by atoms with van der Waals surface area (Å²) in [5.41, 5.74) is 0.0566. The molecule has 0 radical (unpaired) electrons. The maximum Gasteiger partial charge on any atom is 0.258 e. The maximum atomic E-state index is 13.6. The van der Waals surface area contributed by atoms with Gasteiger partial charge in [-0.3, -0.25) is 9.59 Å². The van der Waals surface area contributed by atoms with Crippen molar-refractivity contribution in [2.75, 3.05) is 14.2 Å². The van der Waals surface area contributed by atoms with Crippen molar-refractivity contribution in [2.24, 2.45) is 0 Å². The minimum Gasteiger partial charge on any atom is -0.496 e. The fourth-order valence-electron chi connectivity index (χ4n) is 2.92. The highest BCUT2D eigenvalue weighted by Gasteiger charge is 2.37. The summed E-state index contributed by atoms with van der Waals surface area (Å²) in [5.74, 6) is 0.0991. The van der Waals surface area contributed by atoms with Crippen molar-refractivity contribution in [3.63, 3.8) is 0 Å². The molecule has 0 saturated carbocycles. The number of rotatable bonds is 3. The van der Waals surface area contributed by atoms with Crippen molar-refractivity contribution in [3.8, 4) is 5.75 Å². The third-order valence-electron chi connectivity index (χ3n) is 4.26. The topological polar surface area (TPSA) is 89.4 Å². The molecule has 8 nitrogen and oxygen atoms in total. The van der Waals surface area contributed by atoms with Gasteiger partial charge in [0, 0.05) is 7.05 Å². The molecule has 1 N–H and O–H groups in total. The van der Waals surface area contributed by atoms with E-state index in [2.05, 4.69) is 15.5 Å². The lowest BCUT2D eigenvalue weighted by molar-refractivity contribution is -0.126. The lowest BCUT2D eigenvalue weighted by atomic mass is 10.1. The van der Waals surface area contributed by atoms with Crippen LogP contribution in [-0.2, 0) is 17.9 Å². The van der Waals surface area contributed by atoms with Crippen LogP contribution in [-0.4, -0.2) is 51.7 Å². The zero-order chi connectivity index (χ0) is 18.1. The molecule has 25 heavy (non-hydrogen) atoms. The SMILES string of the molecule is CNC(=O)C1Cn2c(C)nnc2CN1C(=O)c1cc(F)ccc1OC. The number of nitrogens with zero attached hydrogens (tertiary/aromatic N) is 4. The van der Waals surface area contributed by atoms with Crippen LogP contribution < -0.4 is 10.1 Å². The van der Waals surface area contributed by atoms with Crippen molar-refractivity contribution < 1.29 is 18.7 Å². The Labute approximate surface area is 143 Å². The van der Waals surface area contributed by atoms with E-state index in [4.69, 9.17) is 4.74 Å². The predicted molar refractivity (Wildman–Crippen MR) is 85.4 cm³/mol. The van der Waals surface area contributed by atoms with Crippen LogP contribution in [0.15, 0.2) is 18.2 Å². The molecule has 3 rings (SSSR count). The van der Waals surface area contributed by atoms with Gasteiger partial charge in [-0.1, -0.05) is 0 Å². The molecule has 2 aromatic rings. The van der Waals surface area contributed by atoms with Gasteiger partial charge in [0.15, 0.2) is 5.82 Å². The number of aromatic nitrogens is 3. The van der Waals surface area contributed by atoms with E-state index in [1.54, 1.807) is 11.5 Å². The van der Waals surface area contributed by atoms with Crippen LogP contribution in [0.4, 0.5) is 4.39 Å². The Balaban J connectivity index is 2.02. The van der Waals surface area contributed by atoms with Gasteiger partial charge in [-0.2, -0.15) is 0 Å². The highest BCUT2D eigenvalue weighted by Crippen LogP contribution is 2.25. The number of fused-ring (bicyclic) bond motifs is 1. The van der Waals surface area contributed by atoms with Gasteiger partial charge in [0.1, 0.15) is 23.4 Å². The number of hydrogen-bond acceptors (Lipinski definition) is 5. The molecule has 0 saturated heterocycles. The van der Waals surface area contributed by atoms with E-state index in [1.807, 2.05) is 0 Å². The van der Waals surface area contributed by atoms with Crippen LogP contribution in [0.3, 0.4) is 0 Å². The third kappa shape index (κ3) is 2.92. The molecule has 1 aliphatic heterocycles. The maximum absolute atomic E-state index is 13.6. The second kappa shape index (κ2) is 6.50. The number of amides is 2. The first kappa shape index (κ1) is 16.9. The van der Waals surface area contributed by atoms with E-state index in [9.17, 15) is 14.0 Å². The Kier molecular flexibility index (Phi) is 4.39. The summed E-state index contributed by atoms with van der Waals surface area (Å²) in [6, 6.07) is 2.94. The molecule has 1 aromatic heterocycles. The second-order valence-electron chi connectivity index (χ2n) is 5.68. The Morgan fingerprint density at radius 1 is 1.36 bits per heavy atom. The van der Waals surface area contributed by atoms with E-state index in [0.717, 1.165) is 6.07 Å². The second-order valence-corrected chi connectivity index (χ2v) is 5.68. The number of carbonyl (C=O) groups is 2. The van der Waals surface area contributed by atoms with Crippen molar-refractivity contribution in [1.82, 2.24) is 25.0 Å². The van der Waals surface area contributed by atoms with E-state index in [-0.39, 0.29) is 30.3 Å². The summed E-state index contributed by atoms with van der Waals surface area (Å²) in [6.07, 6.45) is 0. The fourth-order valence-corrected chi connectivity index (χ4v) is 2.92. The van der Waals surface area contributed by atoms with Crippen LogP contribution in [0.2, 0.25) is 0 Å². The number of methoxy groups -OCH3 is 1. The number of halogens is 1. The average Bonchev–Trinajstić information content (AvgIpc) is 2.99. The van der Waals surface area contributed by atoms with Gasteiger partial charge in [-0.05, 0) is 25.1 Å². The molecule has 0 aliphatic carbocycles. The smallest absolute Gasteiger partial charge is 0.258 e. The normalized spacial score (nSPS) is 16.3. The zero-order valence-corrected chi connectivity index (χ0v) is 14.1.